The van der Waals surface area contributed by atoms with Gasteiger partial charge in [-0.15, -0.1) is 5.10 Å². The van der Waals surface area contributed by atoms with Gasteiger partial charge in [-0.1, -0.05) is 35.6 Å². The minimum absolute atomic E-state index is 0.0146. The summed E-state index contributed by atoms with van der Waals surface area (Å²) in [4.78, 5) is 20.4. The normalized spacial score (nSPS) is 18.5. The smallest absolute Gasteiger partial charge is 0.174 e. The Bertz CT molecular complexity index is 1250. The van der Waals surface area contributed by atoms with Gasteiger partial charge in [-0.25, -0.2) is 4.68 Å². The lowest BCUT2D eigenvalue weighted by Gasteiger charge is -2.17. The highest BCUT2D eigenvalue weighted by Crippen LogP contribution is 2.22. The molecule has 0 bridgehead atoms. The summed E-state index contributed by atoms with van der Waals surface area (Å²) in [5.41, 5.74) is 4.86. The molecule has 0 saturated heterocycles. The van der Waals surface area contributed by atoms with Crippen LogP contribution in [0.5, 0.6) is 0 Å². The third-order valence-corrected chi connectivity index (χ3v) is 5.25. The highest BCUT2D eigenvalue weighted by molar-refractivity contribution is 5.78. The number of carbonyl (C=O) groups is 1. The van der Waals surface area contributed by atoms with Crippen molar-refractivity contribution in [3.05, 3.63) is 76.2 Å². The van der Waals surface area contributed by atoms with Crippen LogP contribution in [0.3, 0.4) is 0 Å². The van der Waals surface area contributed by atoms with Gasteiger partial charge in [0, 0.05) is 11.6 Å². The van der Waals surface area contributed by atoms with Gasteiger partial charge in [0.15, 0.2) is 5.49 Å². The molecular weight excluding hydrogens is 350 g/mol. The number of benzene rings is 1. The van der Waals surface area contributed by atoms with Crippen molar-refractivity contribution in [3.8, 4) is 0 Å². The SMILES string of the molecule is O=CC1=CC(C2CC=c3nnn(Cc4ccc5ncccc5c4)c3=N2)=CCC1. The molecule has 2 aliphatic rings. The van der Waals surface area contributed by atoms with Crippen LogP contribution < -0.4 is 10.8 Å². The maximum absolute atomic E-state index is 11.1. The third-order valence-electron chi connectivity index (χ3n) is 5.25. The largest absolute Gasteiger partial charge is 0.298 e. The first-order valence-corrected chi connectivity index (χ1v) is 9.47. The Hall–Kier alpha value is -3.41. The van der Waals surface area contributed by atoms with E-state index in [0.29, 0.717) is 6.54 Å². The summed E-state index contributed by atoms with van der Waals surface area (Å²) in [7, 11) is 0. The van der Waals surface area contributed by atoms with Gasteiger partial charge in [0.25, 0.3) is 0 Å². The molecule has 6 heteroatoms. The Kier molecular flexibility index (Phi) is 4.16. The number of aldehydes is 1. The Balaban J connectivity index is 1.49. The Morgan fingerprint density at radius 1 is 1.21 bits per heavy atom. The molecule has 0 saturated carbocycles. The lowest BCUT2D eigenvalue weighted by molar-refractivity contribution is -0.105. The topological polar surface area (TPSA) is 73.0 Å². The fourth-order valence-corrected chi connectivity index (χ4v) is 3.80. The van der Waals surface area contributed by atoms with Crippen LogP contribution in [0.2, 0.25) is 0 Å². The van der Waals surface area contributed by atoms with Crippen molar-refractivity contribution >= 4 is 23.3 Å². The number of carbonyl (C=O) groups excluding carboxylic acids is 1. The van der Waals surface area contributed by atoms with Crippen LogP contribution in [0.25, 0.3) is 17.0 Å². The van der Waals surface area contributed by atoms with Gasteiger partial charge in [0.05, 0.1) is 18.1 Å². The molecule has 0 spiro atoms. The fraction of sp³-hybridized carbons (Fsp3) is 0.227. The molecule has 0 fully saturated rings. The predicted octanol–water partition coefficient (Wildman–Crippen LogP) is 1.89. The van der Waals surface area contributed by atoms with Crippen LogP contribution in [-0.2, 0) is 11.3 Å². The van der Waals surface area contributed by atoms with Gasteiger partial charge in [-0.05, 0) is 54.2 Å². The summed E-state index contributed by atoms with van der Waals surface area (Å²) in [6, 6.07) is 10.2. The summed E-state index contributed by atoms with van der Waals surface area (Å²) in [5.74, 6) is 0. The number of fused-ring (bicyclic) bond motifs is 2. The molecule has 2 aromatic heterocycles. The second-order valence-electron chi connectivity index (χ2n) is 7.15. The number of hydrogen-bond donors (Lipinski definition) is 0. The van der Waals surface area contributed by atoms with Crippen molar-refractivity contribution in [2.75, 3.05) is 0 Å². The standard InChI is InChI=1S/C22H19N5O/c28-14-16-3-1-4-18(12-16)20-8-9-21-22(24-20)27(26-25-21)13-15-6-7-19-17(11-15)5-2-10-23-19/h2,4-7,9-12,14,20H,1,3,8,13H2. The van der Waals surface area contributed by atoms with Crippen molar-refractivity contribution in [2.24, 2.45) is 4.99 Å². The summed E-state index contributed by atoms with van der Waals surface area (Å²) in [5, 5.41) is 10.5. The highest BCUT2D eigenvalue weighted by atomic mass is 16.1. The molecule has 5 rings (SSSR count). The zero-order valence-electron chi connectivity index (χ0n) is 15.3. The van der Waals surface area contributed by atoms with Crippen LogP contribution in [-0.4, -0.2) is 32.3 Å². The quantitative estimate of drug-likeness (QED) is 0.659. The summed E-state index contributed by atoms with van der Waals surface area (Å²) in [6.45, 7) is 0.603. The van der Waals surface area contributed by atoms with E-state index in [-0.39, 0.29) is 6.04 Å². The summed E-state index contributed by atoms with van der Waals surface area (Å²) < 4.78 is 1.85. The van der Waals surface area contributed by atoms with Crippen LogP contribution in [0, 0.1) is 0 Å². The maximum Gasteiger partial charge on any atom is 0.174 e. The van der Waals surface area contributed by atoms with Gasteiger partial charge in [-0.3, -0.25) is 14.8 Å². The number of pyridine rings is 1. The van der Waals surface area contributed by atoms with Gasteiger partial charge in [-0.2, -0.15) is 0 Å². The van der Waals surface area contributed by atoms with Crippen molar-refractivity contribution in [3.63, 3.8) is 0 Å². The minimum Gasteiger partial charge on any atom is -0.298 e. The zero-order chi connectivity index (χ0) is 18.9. The first-order valence-electron chi connectivity index (χ1n) is 9.47. The molecular formula is C22H19N5O. The predicted molar refractivity (Wildman–Crippen MR) is 106 cm³/mol. The molecule has 1 atom stereocenters. The number of aromatic nitrogens is 4. The van der Waals surface area contributed by atoms with E-state index in [1.165, 1.54) is 0 Å². The molecule has 3 aromatic rings. The van der Waals surface area contributed by atoms with E-state index in [9.17, 15) is 4.79 Å². The lowest BCUT2D eigenvalue weighted by atomic mass is 9.93. The first kappa shape index (κ1) is 16.7. The van der Waals surface area contributed by atoms with Crippen LogP contribution >= 0.6 is 0 Å². The molecule has 138 valence electrons. The molecule has 0 amide bonds. The molecule has 1 aliphatic carbocycles. The average molecular weight is 369 g/mol. The van der Waals surface area contributed by atoms with Crippen molar-refractivity contribution in [1.82, 2.24) is 20.0 Å². The number of rotatable bonds is 4. The maximum atomic E-state index is 11.1. The number of nitrogens with zero attached hydrogens (tertiary/aromatic N) is 5. The van der Waals surface area contributed by atoms with Crippen molar-refractivity contribution in [2.45, 2.75) is 31.8 Å². The summed E-state index contributed by atoms with van der Waals surface area (Å²) in [6.07, 6.45) is 11.5. The number of allylic oxidation sites excluding steroid dienone is 2. The van der Waals surface area contributed by atoms with E-state index in [1.807, 2.05) is 22.9 Å². The molecule has 0 radical (unpaired) electrons. The monoisotopic (exact) mass is 369 g/mol. The van der Waals surface area contributed by atoms with Gasteiger partial charge < -0.3 is 0 Å². The Labute approximate surface area is 161 Å². The molecule has 1 unspecified atom stereocenters. The first-order chi connectivity index (χ1) is 13.8. The highest BCUT2D eigenvalue weighted by Gasteiger charge is 2.18. The van der Waals surface area contributed by atoms with E-state index in [2.05, 4.69) is 45.6 Å². The molecule has 1 aromatic carbocycles. The Morgan fingerprint density at radius 3 is 3.11 bits per heavy atom. The zero-order valence-corrected chi connectivity index (χ0v) is 15.3. The van der Waals surface area contributed by atoms with E-state index < -0.39 is 0 Å². The van der Waals surface area contributed by atoms with Gasteiger partial charge in [0.1, 0.15) is 11.6 Å². The van der Waals surface area contributed by atoms with Crippen LogP contribution in [0.1, 0.15) is 24.8 Å². The van der Waals surface area contributed by atoms with Crippen molar-refractivity contribution < 1.29 is 4.79 Å². The number of hydrogen-bond acceptors (Lipinski definition) is 5. The average Bonchev–Trinajstić information content (AvgIpc) is 3.15. The van der Waals surface area contributed by atoms with Crippen LogP contribution in [0.15, 0.2) is 64.8 Å². The summed E-state index contributed by atoms with van der Waals surface area (Å²) >= 11 is 0. The van der Waals surface area contributed by atoms with Crippen molar-refractivity contribution in [1.29, 1.82) is 0 Å². The molecule has 6 nitrogen and oxygen atoms in total. The van der Waals surface area contributed by atoms with E-state index in [0.717, 1.165) is 64.0 Å². The molecule has 28 heavy (non-hydrogen) atoms. The van der Waals surface area contributed by atoms with Gasteiger partial charge in [0.2, 0.25) is 0 Å². The molecule has 0 N–H and O–H groups in total. The second-order valence-corrected chi connectivity index (χ2v) is 7.15. The third kappa shape index (κ3) is 3.07. The molecule has 3 heterocycles. The second kappa shape index (κ2) is 6.96. The molecule has 1 aliphatic heterocycles. The van der Waals surface area contributed by atoms with E-state index in [4.69, 9.17) is 4.99 Å². The van der Waals surface area contributed by atoms with Gasteiger partial charge >= 0.3 is 0 Å². The fourth-order valence-electron chi connectivity index (χ4n) is 3.80. The Morgan fingerprint density at radius 2 is 2.18 bits per heavy atom. The lowest BCUT2D eigenvalue weighted by Crippen LogP contribution is -2.36. The van der Waals surface area contributed by atoms with E-state index >= 15 is 0 Å². The van der Waals surface area contributed by atoms with E-state index in [1.54, 1.807) is 6.20 Å². The minimum atomic E-state index is 0.0146. The van der Waals surface area contributed by atoms with Crippen LogP contribution in [0.4, 0.5) is 0 Å².